The molecule has 11 heteroatoms. The van der Waals surface area contributed by atoms with Gasteiger partial charge < -0.3 is 5.73 Å². The highest BCUT2D eigenvalue weighted by Crippen LogP contribution is 2.35. The zero-order chi connectivity index (χ0) is 18.2. The molecule has 0 amide bonds. The lowest BCUT2D eigenvalue weighted by atomic mass is 10.2. The summed E-state index contributed by atoms with van der Waals surface area (Å²) in [7, 11) is 0. The van der Waals surface area contributed by atoms with E-state index in [0.717, 1.165) is 21.8 Å². The Morgan fingerprint density at radius 3 is 2.64 bits per heavy atom. The molecular formula is C14H9Cl2F3N4S2. The molecule has 0 bridgehead atoms. The molecule has 0 atom stereocenters. The topological polar surface area (TPSA) is 64.7 Å². The van der Waals surface area contributed by atoms with Crippen LogP contribution in [0.4, 0.5) is 19.0 Å². The van der Waals surface area contributed by atoms with Gasteiger partial charge in [0.1, 0.15) is 11.0 Å². The minimum Gasteiger partial charge on any atom is -0.384 e. The molecule has 0 radical (unpaired) electrons. The summed E-state index contributed by atoms with van der Waals surface area (Å²) in [5.74, 6) is 0.189. The lowest BCUT2D eigenvalue weighted by molar-refractivity contribution is -0.141. The summed E-state index contributed by atoms with van der Waals surface area (Å²) >= 11 is 14.7. The number of fused-ring (bicyclic) bond motifs is 1. The number of aromatic nitrogens is 3. The number of pyridine rings is 1. The van der Waals surface area contributed by atoms with Crippen LogP contribution in [-0.4, -0.2) is 20.7 Å². The van der Waals surface area contributed by atoms with Gasteiger partial charge in [0.15, 0.2) is 10.9 Å². The van der Waals surface area contributed by atoms with E-state index < -0.39 is 11.9 Å². The quantitative estimate of drug-likeness (QED) is 0.348. The third-order valence-corrected chi connectivity index (χ3v) is 5.81. The van der Waals surface area contributed by atoms with E-state index >= 15 is 0 Å². The van der Waals surface area contributed by atoms with Crippen molar-refractivity contribution in [3.8, 4) is 0 Å². The van der Waals surface area contributed by atoms with Gasteiger partial charge in [0.25, 0.3) is 0 Å². The fraction of sp³-hybridized carbons (Fsp3) is 0.214. The summed E-state index contributed by atoms with van der Waals surface area (Å²) in [4.78, 5) is 11.6. The molecule has 0 saturated carbocycles. The molecule has 0 aliphatic rings. The van der Waals surface area contributed by atoms with Gasteiger partial charge in [-0.3, -0.25) is 0 Å². The molecule has 0 fully saturated rings. The molecule has 0 aliphatic heterocycles. The highest BCUT2D eigenvalue weighted by molar-refractivity contribution is 7.99. The van der Waals surface area contributed by atoms with Gasteiger partial charge in [-0.2, -0.15) is 13.2 Å². The van der Waals surface area contributed by atoms with E-state index in [9.17, 15) is 13.2 Å². The molecule has 4 nitrogen and oxygen atoms in total. The maximum absolute atomic E-state index is 12.7. The number of anilines is 1. The Kier molecular flexibility index (Phi) is 5.29. The minimum atomic E-state index is -4.57. The zero-order valence-electron chi connectivity index (χ0n) is 12.3. The molecule has 3 aromatic heterocycles. The maximum Gasteiger partial charge on any atom is 0.433 e. The third kappa shape index (κ3) is 4.28. The standard InChI is InChI=1S/C14H9Cl2F3N4S2/c15-8-5-25-11-7(8)3-6(21-12(11)16)1-2-24-13-22-9(14(17,18)19)4-10(20)23-13/h3-5H,1-2H2,(H2,20,22,23). The van der Waals surface area contributed by atoms with Crippen molar-refractivity contribution in [3.63, 3.8) is 0 Å². The van der Waals surface area contributed by atoms with Gasteiger partial charge in [-0.05, 0) is 12.5 Å². The van der Waals surface area contributed by atoms with Crippen molar-refractivity contribution in [2.75, 3.05) is 11.5 Å². The van der Waals surface area contributed by atoms with Crippen LogP contribution in [0.3, 0.4) is 0 Å². The van der Waals surface area contributed by atoms with Crippen LogP contribution >= 0.6 is 46.3 Å². The molecule has 25 heavy (non-hydrogen) atoms. The van der Waals surface area contributed by atoms with Crippen molar-refractivity contribution < 1.29 is 13.2 Å². The summed E-state index contributed by atoms with van der Waals surface area (Å²) in [6.07, 6.45) is -4.10. The SMILES string of the molecule is Nc1cc(C(F)(F)F)nc(SCCc2cc3c(Cl)csc3c(Cl)n2)n1. The van der Waals surface area contributed by atoms with Gasteiger partial charge >= 0.3 is 6.18 Å². The van der Waals surface area contributed by atoms with Gasteiger partial charge in [0.05, 0.1) is 9.72 Å². The van der Waals surface area contributed by atoms with Crippen molar-refractivity contribution in [3.05, 3.63) is 39.1 Å². The molecule has 132 valence electrons. The number of nitrogens with zero attached hydrogens (tertiary/aromatic N) is 3. The minimum absolute atomic E-state index is 0.0342. The van der Waals surface area contributed by atoms with Crippen LogP contribution in [0.1, 0.15) is 11.4 Å². The molecule has 3 heterocycles. The summed E-state index contributed by atoms with van der Waals surface area (Å²) in [5, 5.41) is 3.50. The fourth-order valence-corrected chi connectivity index (χ4v) is 4.34. The average Bonchev–Trinajstić information content (AvgIpc) is 2.88. The first-order chi connectivity index (χ1) is 11.7. The fourth-order valence-electron chi connectivity index (χ4n) is 2.04. The van der Waals surface area contributed by atoms with E-state index in [1.807, 2.05) is 6.07 Å². The van der Waals surface area contributed by atoms with Crippen LogP contribution in [0.25, 0.3) is 10.1 Å². The lowest BCUT2D eigenvalue weighted by Gasteiger charge is -2.08. The van der Waals surface area contributed by atoms with Crippen LogP contribution in [0, 0.1) is 0 Å². The van der Waals surface area contributed by atoms with Crippen LogP contribution in [0.5, 0.6) is 0 Å². The van der Waals surface area contributed by atoms with Crippen LogP contribution in [-0.2, 0) is 12.6 Å². The molecule has 0 aromatic carbocycles. The molecule has 0 spiro atoms. The summed E-state index contributed by atoms with van der Waals surface area (Å²) < 4.78 is 39.0. The van der Waals surface area contributed by atoms with E-state index in [1.54, 1.807) is 5.38 Å². The number of thiophene rings is 1. The van der Waals surface area contributed by atoms with Gasteiger partial charge in [0.2, 0.25) is 0 Å². The lowest BCUT2D eigenvalue weighted by Crippen LogP contribution is -2.11. The Bertz CT molecular complexity index is 930. The first kappa shape index (κ1) is 18.5. The van der Waals surface area contributed by atoms with E-state index in [2.05, 4.69) is 15.0 Å². The number of halogens is 5. The number of alkyl halides is 3. The summed E-state index contributed by atoms with van der Waals surface area (Å²) in [6, 6.07) is 2.53. The van der Waals surface area contributed by atoms with E-state index in [-0.39, 0.29) is 11.0 Å². The Labute approximate surface area is 158 Å². The number of nitrogens with two attached hydrogens (primary N) is 1. The molecule has 3 aromatic rings. The summed E-state index contributed by atoms with van der Waals surface area (Å²) in [6.45, 7) is 0. The maximum atomic E-state index is 12.7. The second-order valence-corrected chi connectivity index (χ2v) is 7.63. The molecule has 3 rings (SSSR count). The zero-order valence-corrected chi connectivity index (χ0v) is 15.4. The van der Waals surface area contributed by atoms with Gasteiger partial charge in [0, 0.05) is 28.3 Å². The number of nitrogen functional groups attached to an aromatic ring is 1. The first-order valence-corrected chi connectivity index (χ1v) is 9.43. The number of hydrogen-bond acceptors (Lipinski definition) is 6. The van der Waals surface area contributed by atoms with Gasteiger partial charge in [-0.1, -0.05) is 35.0 Å². The average molecular weight is 425 g/mol. The van der Waals surface area contributed by atoms with Crippen LogP contribution < -0.4 is 5.73 Å². The molecule has 0 unspecified atom stereocenters. The molecular weight excluding hydrogens is 416 g/mol. The normalized spacial score (nSPS) is 12.0. The van der Waals surface area contributed by atoms with Crippen molar-refractivity contribution in [2.45, 2.75) is 17.8 Å². The summed E-state index contributed by atoms with van der Waals surface area (Å²) in [5.41, 5.74) is 5.04. The number of thioether (sulfide) groups is 1. The number of aryl methyl sites for hydroxylation is 1. The highest BCUT2D eigenvalue weighted by Gasteiger charge is 2.33. The first-order valence-electron chi connectivity index (χ1n) is 6.80. The van der Waals surface area contributed by atoms with E-state index in [0.29, 0.717) is 34.1 Å². The van der Waals surface area contributed by atoms with Crippen LogP contribution in [0.2, 0.25) is 10.2 Å². The predicted molar refractivity (Wildman–Crippen MR) is 95.5 cm³/mol. The Morgan fingerprint density at radius 2 is 1.92 bits per heavy atom. The molecule has 0 aliphatic carbocycles. The highest BCUT2D eigenvalue weighted by atomic mass is 35.5. The Morgan fingerprint density at radius 1 is 1.16 bits per heavy atom. The largest absolute Gasteiger partial charge is 0.433 e. The van der Waals surface area contributed by atoms with Gasteiger partial charge in [-0.15, -0.1) is 11.3 Å². The second kappa shape index (κ2) is 7.14. The molecule has 2 N–H and O–H groups in total. The van der Waals surface area contributed by atoms with Gasteiger partial charge in [-0.25, -0.2) is 15.0 Å². The van der Waals surface area contributed by atoms with Crippen molar-refractivity contribution >= 4 is 62.2 Å². The van der Waals surface area contributed by atoms with E-state index in [4.69, 9.17) is 28.9 Å². The monoisotopic (exact) mass is 424 g/mol. The van der Waals surface area contributed by atoms with Crippen molar-refractivity contribution in [2.24, 2.45) is 0 Å². The van der Waals surface area contributed by atoms with Crippen molar-refractivity contribution in [1.82, 2.24) is 15.0 Å². The number of hydrogen-bond donors (Lipinski definition) is 1. The smallest absolute Gasteiger partial charge is 0.384 e. The van der Waals surface area contributed by atoms with Crippen molar-refractivity contribution in [1.29, 1.82) is 0 Å². The molecule has 0 saturated heterocycles. The third-order valence-electron chi connectivity index (χ3n) is 3.13. The predicted octanol–water partition coefficient (Wildman–Crippen LogP) is 5.33. The Balaban J connectivity index is 1.73. The van der Waals surface area contributed by atoms with Crippen LogP contribution in [0.15, 0.2) is 22.7 Å². The second-order valence-electron chi connectivity index (χ2n) is 4.92. The number of rotatable bonds is 4. The Hall–Kier alpha value is -1.29. The van der Waals surface area contributed by atoms with E-state index in [1.165, 1.54) is 11.3 Å².